The van der Waals surface area contributed by atoms with Crippen molar-refractivity contribution in [2.45, 2.75) is 25.3 Å². The van der Waals surface area contributed by atoms with Crippen molar-refractivity contribution >= 4 is 10.9 Å². The van der Waals surface area contributed by atoms with Gasteiger partial charge >= 0.3 is 0 Å². The van der Waals surface area contributed by atoms with E-state index in [0.29, 0.717) is 0 Å². The third kappa shape index (κ3) is 3.28. The van der Waals surface area contributed by atoms with Gasteiger partial charge in [0.2, 0.25) is 0 Å². The fourth-order valence-corrected chi connectivity index (χ4v) is 4.97. The lowest BCUT2D eigenvalue weighted by molar-refractivity contribution is 0.217. The Labute approximate surface area is 172 Å². The number of hydrogen-bond donors (Lipinski definition) is 2. The van der Waals surface area contributed by atoms with Gasteiger partial charge in [-0.15, -0.1) is 0 Å². The van der Waals surface area contributed by atoms with E-state index < -0.39 is 0 Å². The first-order chi connectivity index (χ1) is 14.2. The molecule has 1 spiro atoms. The Bertz CT molecular complexity index is 1030. The van der Waals surface area contributed by atoms with Gasteiger partial charge in [-0.05, 0) is 55.2 Å². The lowest BCUT2D eigenvalue weighted by atomic mass is 9.86. The van der Waals surface area contributed by atoms with Crippen LogP contribution in [0.1, 0.15) is 23.2 Å². The number of likely N-dealkylation sites (tertiary alicyclic amines) is 1. The number of H-pyrrole nitrogens is 1. The van der Waals surface area contributed by atoms with Gasteiger partial charge in [0, 0.05) is 42.8 Å². The molecule has 0 saturated carbocycles. The summed E-state index contributed by atoms with van der Waals surface area (Å²) in [5.41, 5.74) is 5.24. The lowest BCUT2D eigenvalue weighted by Gasteiger charge is -2.35. The van der Waals surface area contributed by atoms with Crippen LogP contribution >= 0.6 is 0 Å². The minimum atomic E-state index is 0.0164. The zero-order chi connectivity index (χ0) is 19.8. The van der Waals surface area contributed by atoms with E-state index in [4.69, 9.17) is 9.47 Å². The number of nitrogens with one attached hydrogen (secondary N) is 2. The topological polar surface area (TPSA) is 49.5 Å². The molecule has 1 aromatic heterocycles. The van der Waals surface area contributed by atoms with Gasteiger partial charge in [0.15, 0.2) is 0 Å². The van der Waals surface area contributed by atoms with E-state index in [2.05, 4.69) is 52.5 Å². The van der Waals surface area contributed by atoms with Gasteiger partial charge in [0.25, 0.3) is 0 Å². The highest BCUT2D eigenvalue weighted by atomic mass is 16.5. The molecule has 152 valence electrons. The number of nitrogens with zero attached hydrogens (tertiary/aromatic N) is 1. The fraction of sp³-hybridized carbons (Fsp3) is 0.417. The van der Waals surface area contributed by atoms with E-state index in [1.165, 1.54) is 27.7 Å². The molecule has 5 heteroatoms. The molecule has 1 fully saturated rings. The van der Waals surface area contributed by atoms with Crippen molar-refractivity contribution in [2.75, 3.05) is 39.9 Å². The molecule has 2 aliphatic rings. The molecule has 1 atom stereocenters. The first kappa shape index (κ1) is 18.5. The van der Waals surface area contributed by atoms with Crippen LogP contribution in [0.2, 0.25) is 0 Å². The summed E-state index contributed by atoms with van der Waals surface area (Å²) in [6.07, 6.45) is 2.18. The highest BCUT2D eigenvalue weighted by Gasteiger charge is 2.43. The van der Waals surface area contributed by atoms with Gasteiger partial charge in [0.05, 0.1) is 12.6 Å². The monoisotopic (exact) mass is 391 g/mol. The number of fused-ring (bicyclic) bond motifs is 4. The Balaban J connectivity index is 1.32. The molecular formula is C24H29N3O2. The summed E-state index contributed by atoms with van der Waals surface area (Å²) >= 11 is 0. The number of methoxy groups -OCH3 is 1. The molecular weight excluding hydrogens is 362 g/mol. The molecule has 1 unspecified atom stereocenters. The van der Waals surface area contributed by atoms with Crippen molar-refractivity contribution in [3.05, 3.63) is 59.3 Å². The molecule has 5 rings (SSSR count). The second-order valence-electron chi connectivity index (χ2n) is 8.29. The normalized spacial score (nSPS) is 21.6. The number of aryl methyl sites for hydroxylation is 1. The molecule has 2 N–H and O–H groups in total. The predicted octanol–water partition coefficient (Wildman–Crippen LogP) is 3.61. The van der Waals surface area contributed by atoms with Crippen LogP contribution in [0.15, 0.2) is 42.5 Å². The van der Waals surface area contributed by atoms with Gasteiger partial charge in [-0.25, -0.2) is 0 Å². The highest BCUT2D eigenvalue weighted by Crippen LogP contribution is 2.40. The summed E-state index contributed by atoms with van der Waals surface area (Å²) in [4.78, 5) is 6.25. The molecule has 0 radical (unpaired) electrons. The SMILES string of the molecule is COc1ccc2[nH]c3c(c2c1)CCNC31CCN(CCOc2ccccc2C)C1. The van der Waals surface area contributed by atoms with Crippen LogP contribution in [0.25, 0.3) is 10.9 Å². The lowest BCUT2D eigenvalue weighted by Crippen LogP contribution is -2.49. The molecule has 2 aromatic carbocycles. The summed E-state index contributed by atoms with van der Waals surface area (Å²) in [6, 6.07) is 14.6. The highest BCUT2D eigenvalue weighted by molar-refractivity contribution is 5.86. The summed E-state index contributed by atoms with van der Waals surface area (Å²) in [6.45, 7) is 6.88. The molecule has 1 saturated heterocycles. The second kappa shape index (κ2) is 7.39. The van der Waals surface area contributed by atoms with Crippen LogP contribution in [-0.2, 0) is 12.0 Å². The second-order valence-corrected chi connectivity index (χ2v) is 8.29. The number of rotatable bonds is 5. The van der Waals surface area contributed by atoms with E-state index >= 15 is 0 Å². The molecule has 0 bridgehead atoms. The summed E-state index contributed by atoms with van der Waals surface area (Å²) in [7, 11) is 1.73. The van der Waals surface area contributed by atoms with Crippen LogP contribution in [0.4, 0.5) is 0 Å². The van der Waals surface area contributed by atoms with Gasteiger partial charge < -0.3 is 19.8 Å². The maximum Gasteiger partial charge on any atom is 0.122 e. The van der Waals surface area contributed by atoms with Gasteiger partial charge in [-0.2, -0.15) is 0 Å². The first-order valence-electron chi connectivity index (χ1n) is 10.5. The largest absolute Gasteiger partial charge is 0.497 e. The minimum absolute atomic E-state index is 0.0164. The van der Waals surface area contributed by atoms with Crippen molar-refractivity contribution in [3.8, 4) is 11.5 Å². The number of ether oxygens (including phenoxy) is 2. The van der Waals surface area contributed by atoms with Crippen LogP contribution in [0, 0.1) is 6.92 Å². The molecule has 0 aliphatic carbocycles. The van der Waals surface area contributed by atoms with E-state index in [1.807, 2.05) is 12.1 Å². The maximum absolute atomic E-state index is 6.03. The van der Waals surface area contributed by atoms with Crippen molar-refractivity contribution in [1.82, 2.24) is 15.2 Å². The smallest absolute Gasteiger partial charge is 0.122 e. The van der Waals surface area contributed by atoms with Crippen molar-refractivity contribution in [1.29, 1.82) is 0 Å². The van der Waals surface area contributed by atoms with Crippen LogP contribution in [0.3, 0.4) is 0 Å². The fourth-order valence-electron chi connectivity index (χ4n) is 4.97. The Hall–Kier alpha value is -2.50. The van der Waals surface area contributed by atoms with Crippen LogP contribution in [0.5, 0.6) is 11.5 Å². The van der Waals surface area contributed by atoms with E-state index in [-0.39, 0.29) is 5.54 Å². The van der Waals surface area contributed by atoms with Crippen molar-refractivity contribution in [2.24, 2.45) is 0 Å². The van der Waals surface area contributed by atoms with Crippen LogP contribution < -0.4 is 14.8 Å². The molecule has 3 heterocycles. The molecule has 2 aliphatic heterocycles. The van der Waals surface area contributed by atoms with Crippen LogP contribution in [-0.4, -0.2) is 49.8 Å². The Kier molecular flexibility index (Phi) is 4.72. The van der Waals surface area contributed by atoms with E-state index in [0.717, 1.165) is 57.1 Å². The minimum Gasteiger partial charge on any atom is -0.497 e. The predicted molar refractivity (Wildman–Crippen MR) is 116 cm³/mol. The number of aromatic amines is 1. The molecule has 3 aromatic rings. The Morgan fingerprint density at radius 2 is 2.07 bits per heavy atom. The van der Waals surface area contributed by atoms with Gasteiger partial charge in [-0.1, -0.05) is 18.2 Å². The quantitative estimate of drug-likeness (QED) is 0.698. The summed E-state index contributed by atoms with van der Waals surface area (Å²) in [5, 5.41) is 5.15. The average Bonchev–Trinajstić information content (AvgIpc) is 3.32. The summed E-state index contributed by atoms with van der Waals surface area (Å²) < 4.78 is 11.5. The molecule has 29 heavy (non-hydrogen) atoms. The zero-order valence-electron chi connectivity index (χ0n) is 17.3. The zero-order valence-corrected chi connectivity index (χ0v) is 17.3. The number of hydrogen-bond acceptors (Lipinski definition) is 4. The third-order valence-corrected chi connectivity index (χ3v) is 6.54. The Morgan fingerprint density at radius 3 is 2.93 bits per heavy atom. The van der Waals surface area contributed by atoms with E-state index in [9.17, 15) is 0 Å². The first-order valence-corrected chi connectivity index (χ1v) is 10.5. The molecule has 5 nitrogen and oxygen atoms in total. The number of benzene rings is 2. The standard InChI is InChI=1S/C24H29N3O2/c1-17-5-3-4-6-22(17)29-14-13-27-12-10-24(16-27)23-19(9-11-25-24)20-15-18(28-2)7-8-21(20)26-23/h3-8,15,25-26H,9-14,16H2,1-2H3. The van der Waals surface area contributed by atoms with Crippen molar-refractivity contribution in [3.63, 3.8) is 0 Å². The summed E-state index contributed by atoms with van der Waals surface area (Å²) in [5.74, 6) is 1.91. The number of para-hydroxylation sites is 1. The Morgan fingerprint density at radius 1 is 1.17 bits per heavy atom. The van der Waals surface area contributed by atoms with Gasteiger partial charge in [-0.3, -0.25) is 4.90 Å². The van der Waals surface area contributed by atoms with Gasteiger partial charge in [0.1, 0.15) is 18.1 Å². The van der Waals surface area contributed by atoms with E-state index in [1.54, 1.807) is 7.11 Å². The third-order valence-electron chi connectivity index (χ3n) is 6.54. The molecule has 0 amide bonds. The maximum atomic E-state index is 6.03. The van der Waals surface area contributed by atoms with Crippen molar-refractivity contribution < 1.29 is 9.47 Å². The number of aromatic nitrogens is 1. The average molecular weight is 392 g/mol.